The molecule has 0 atom stereocenters. The normalized spacial score (nSPS) is 11.3. The van der Waals surface area contributed by atoms with E-state index >= 15 is 0 Å². The molecule has 6 nitrogen and oxygen atoms in total. The molecular weight excluding hydrogens is 410 g/mol. The number of hydrogen-bond acceptors (Lipinski definition) is 5. The highest BCUT2D eigenvalue weighted by molar-refractivity contribution is 9.10. The van der Waals surface area contributed by atoms with Crippen molar-refractivity contribution in [3.63, 3.8) is 0 Å². The summed E-state index contributed by atoms with van der Waals surface area (Å²) in [5, 5.41) is 10.7. The van der Waals surface area contributed by atoms with Crippen molar-refractivity contribution in [3.8, 4) is 11.5 Å². The van der Waals surface area contributed by atoms with Crippen LogP contribution in [0.25, 0.3) is 22.6 Å². The maximum absolute atomic E-state index is 10.7. The standard InChI is InChI=1S/C20H12BrN3O3/c21-17-4-2-1-3-16(17)20-23-18-11-14(7-10-19(18)27-20)22-12-13-5-8-15(9-6-13)24(25)26/h1-12H. The lowest BCUT2D eigenvalue weighted by Gasteiger charge is -1.97. The van der Waals surface area contributed by atoms with Gasteiger partial charge in [-0.05, 0) is 64.0 Å². The van der Waals surface area contributed by atoms with Crippen LogP contribution in [0.15, 0.2) is 80.6 Å². The van der Waals surface area contributed by atoms with E-state index in [1.807, 2.05) is 42.5 Å². The fraction of sp³-hybridized carbons (Fsp3) is 0. The first-order valence-electron chi connectivity index (χ1n) is 8.04. The summed E-state index contributed by atoms with van der Waals surface area (Å²) in [7, 11) is 0. The van der Waals surface area contributed by atoms with E-state index in [0.717, 1.165) is 15.6 Å². The number of nitro groups is 1. The molecule has 0 aliphatic carbocycles. The highest BCUT2D eigenvalue weighted by atomic mass is 79.9. The summed E-state index contributed by atoms with van der Waals surface area (Å²) in [4.78, 5) is 19.2. The summed E-state index contributed by atoms with van der Waals surface area (Å²) in [6, 6.07) is 19.4. The highest BCUT2D eigenvalue weighted by Gasteiger charge is 2.11. The summed E-state index contributed by atoms with van der Waals surface area (Å²) in [5.74, 6) is 0.536. The SMILES string of the molecule is O=[N+]([O-])c1ccc(C=Nc2ccc3oc(-c4ccccc4Br)nc3c2)cc1. The van der Waals surface area contributed by atoms with Gasteiger partial charge in [0.15, 0.2) is 5.58 Å². The van der Waals surface area contributed by atoms with Crippen molar-refractivity contribution >= 4 is 44.6 Å². The monoisotopic (exact) mass is 421 g/mol. The van der Waals surface area contributed by atoms with Gasteiger partial charge >= 0.3 is 0 Å². The van der Waals surface area contributed by atoms with Crippen LogP contribution in [0, 0.1) is 10.1 Å². The van der Waals surface area contributed by atoms with Gasteiger partial charge in [-0.2, -0.15) is 0 Å². The van der Waals surface area contributed by atoms with Crippen molar-refractivity contribution in [1.29, 1.82) is 0 Å². The van der Waals surface area contributed by atoms with Crippen LogP contribution in [0.4, 0.5) is 11.4 Å². The van der Waals surface area contributed by atoms with E-state index in [9.17, 15) is 10.1 Å². The van der Waals surface area contributed by atoms with Crippen LogP contribution in [0.5, 0.6) is 0 Å². The van der Waals surface area contributed by atoms with Gasteiger partial charge in [0.2, 0.25) is 5.89 Å². The molecule has 4 rings (SSSR count). The van der Waals surface area contributed by atoms with Gasteiger partial charge in [-0.15, -0.1) is 0 Å². The summed E-state index contributed by atoms with van der Waals surface area (Å²) < 4.78 is 6.74. The number of oxazole rings is 1. The average molecular weight is 422 g/mol. The largest absolute Gasteiger partial charge is 0.436 e. The van der Waals surface area contributed by atoms with Gasteiger partial charge in [-0.1, -0.05) is 12.1 Å². The van der Waals surface area contributed by atoms with Crippen molar-refractivity contribution in [2.24, 2.45) is 4.99 Å². The zero-order chi connectivity index (χ0) is 18.8. The molecule has 0 aliphatic heterocycles. The third-order valence-electron chi connectivity index (χ3n) is 3.94. The van der Waals surface area contributed by atoms with Crippen molar-refractivity contribution < 1.29 is 9.34 Å². The molecule has 0 N–H and O–H groups in total. The third-order valence-corrected chi connectivity index (χ3v) is 4.63. The Bertz CT molecular complexity index is 1170. The van der Waals surface area contributed by atoms with Crippen LogP contribution >= 0.6 is 15.9 Å². The first-order valence-corrected chi connectivity index (χ1v) is 8.83. The summed E-state index contributed by atoms with van der Waals surface area (Å²) in [6.45, 7) is 0. The van der Waals surface area contributed by atoms with Crippen molar-refractivity contribution in [2.75, 3.05) is 0 Å². The first-order chi connectivity index (χ1) is 13.1. The molecule has 0 amide bonds. The van der Waals surface area contributed by atoms with Crippen LogP contribution in [0.3, 0.4) is 0 Å². The van der Waals surface area contributed by atoms with E-state index in [-0.39, 0.29) is 5.69 Å². The van der Waals surface area contributed by atoms with Gasteiger partial charge in [0, 0.05) is 22.8 Å². The van der Waals surface area contributed by atoms with Gasteiger partial charge in [-0.25, -0.2) is 4.98 Å². The predicted molar refractivity (Wildman–Crippen MR) is 107 cm³/mol. The average Bonchev–Trinajstić information content (AvgIpc) is 3.10. The van der Waals surface area contributed by atoms with Crippen LogP contribution in [-0.4, -0.2) is 16.1 Å². The van der Waals surface area contributed by atoms with Gasteiger partial charge in [0.05, 0.1) is 16.2 Å². The molecule has 132 valence electrons. The minimum absolute atomic E-state index is 0.0516. The van der Waals surface area contributed by atoms with Crippen molar-refractivity contribution in [1.82, 2.24) is 4.98 Å². The zero-order valence-electron chi connectivity index (χ0n) is 13.9. The quantitative estimate of drug-likeness (QED) is 0.232. The first kappa shape index (κ1) is 17.1. The smallest absolute Gasteiger partial charge is 0.269 e. The van der Waals surface area contributed by atoms with E-state index in [0.29, 0.717) is 22.7 Å². The third kappa shape index (κ3) is 3.63. The van der Waals surface area contributed by atoms with Gasteiger partial charge < -0.3 is 4.42 Å². The Morgan fingerprint density at radius 2 is 1.85 bits per heavy atom. The Hall–Kier alpha value is -3.32. The highest BCUT2D eigenvalue weighted by Crippen LogP contribution is 2.31. The van der Waals surface area contributed by atoms with Crippen molar-refractivity contribution in [3.05, 3.63) is 86.9 Å². The lowest BCUT2D eigenvalue weighted by Crippen LogP contribution is -1.88. The lowest BCUT2D eigenvalue weighted by atomic mass is 10.2. The number of nitrogens with zero attached hydrogens (tertiary/aromatic N) is 3. The maximum Gasteiger partial charge on any atom is 0.269 e. The van der Waals surface area contributed by atoms with E-state index < -0.39 is 4.92 Å². The number of hydrogen-bond donors (Lipinski definition) is 0. The van der Waals surface area contributed by atoms with Gasteiger partial charge in [0.1, 0.15) is 5.52 Å². The zero-order valence-corrected chi connectivity index (χ0v) is 15.5. The van der Waals surface area contributed by atoms with Gasteiger partial charge in [0.25, 0.3) is 5.69 Å². The van der Waals surface area contributed by atoms with Crippen LogP contribution < -0.4 is 0 Å². The molecule has 0 fully saturated rings. The Morgan fingerprint density at radius 1 is 1.07 bits per heavy atom. The Kier molecular flexibility index (Phi) is 4.52. The molecule has 4 aromatic rings. The summed E-state index contributed by atoms with van der Waals surface area (Å²) in [6.07, 6.45) is 1.65. The maximum atomic E-state index is 10.7. The minimum Gasteiger partial charge on any atom is -0.436 e. The second-order valence-electron chi connectivity index (χ2n) is 5.76. The topological polar surface area (TPSA) is 81.5 Å². The molecule has 7 heteroatoms. The van der Waals surface area contributed by atoms with E-state index in [4.69, 9.17) is 4.42 Å². The lowest BCUT2D eigenvalue weighted by molar-refractivity contribution is -0.384. The molecule has 0 aliphatic rings. The van der Waals surface area contributed by atoms with Gasteiger partial charge in [-0.3, -0.25) is 15.1 Å². The number of halogens is 1. The fourth-order valence-electron chi connectivity index (χ4n) is 2.58. The molecule has 27 heavy (non-hydrogen) atoms. The summed E-state index contributed by atoms with van der Waals surface area (Å²) >= 11 is 3.50. The number of aromatic nitrogens is 1. The Balaban J connectivity index is 1.61. The van der Waals surface area contributed by atoms with E-state index in [1.54, 1.807) is 18.3 Å². The molecular formula is C20H12BrN3O3. The van der Waals surface area contributed by atoms with Crippen LogP contribution in [0.1, 0.15) is 5.56 Å². The number of nitro benzene ring substituents is 1. The van der Waals surface area contributed by atoms with E-state index in [1.165, 1.54) is 12.1 Å². The molecule has 1 aromatic heterocycles. The molecule has 0 saturated carbocycles. The summed E-state index contributed by atoms with van der Waals surface area (Å²) in [5.41, 5.74) is 3.80. The van der Waals surface area contributed by atoms with Crippen molar-refractivity contribution in [2.45, 2.75) is 0 Å². The fourth-order valence-corrected chi connectivity index (χ4v) is 3.03. The van der Waals surface area contributed by atoms with Crippen LogP contribution in [0.2, 0.25) is 0 Å². The number of non-ortho nitro benzene ring substituents is 1. The molecule has 0 bridgehead atoms. The Labute approximate surface area is 162 Å². The molecule has 0 saturated heterocycles. The number of rotatable bonds is 4. The second-order valence-corrected chi connectivity index (χ2v) is 6.61. The number of fused-ring (bicyclic) bond motifs is 1. The second kappa shape index (κ2) is 7.13. The molecule has 0 spiro atoms. The number of benzene rings is 3. The predicted octanol–water partition coefficient (Wildman–Crippen LogP) is 5.92. The Morgan fingerprint density at radius 3 is 2.59 bits per heavy atom. The molecule has 0 radical (unpaired) electrons. The van der Waals surface area contributed by atoms with Crippen LogP contribution in [-0.2, 0) is 0 Å². The van der Waals surface area contributed by atoms with E-state index in [2.05, 4.69) is 25.9 Å². The molecule has 3 aromatic carbocycles. The molecule has 0 unspecified atom stereocenters. The minimum atomic E-state index is -0.428. The molecule has 1 heterocycles. The number of aliphatic imine (C=N–C) groups is 1.